The van der Waals surface area contributed by atoms with Crippen molar-refractivity contribution < 1.29 is 0 Å². The largest absolute Gasteiger partial charge is 0.310 e. The summed E-state index contributed by atoms with van der Waals surface area (Å²) in [6.45, 7) is 2.40. The van der Waals surface area contributed by atoms with E-state index >= 15 is 0 Å². The highest BCUT2D eigenvalue weighted by Gasteiger charge is 2.41. The van der Waals surface area contributed by atoms with Crippen LogP contribution in [0.15, 0.2) is 231 Å². The standard InChI is InChI=1S/C58H41N/c1-58(44-26-12-5-13-27-44)54-32-17-16-30-50(54)51-36-34-47(39-55(51)58)59(45-28-18-25-43(37-45)40-19-6-2-7-20-40)46-33-35-49-48-29-14-15-31-52(48)56(41-21-8-3-9-22-41)57(53(49)38-46)42-23-10-4-11-24-42/h2-39H,1H3. The SMILES string of the molecule is CC1(c2ccccc2)c2ccccc2-c2ccc(N(c3cccc(-c4ccccc4)c3)c3ccc4c(c3)c(-c3ccccc3)c(-c3ccccc3)c3ccccc34)cc21. The van der Waals surface area contributed by atoms with E-state index in [1.165, 1.54) is 82.7 Å². The molecule has 278 valence electrons. The topological polar surface area (TPSA) is 3.24 Å². The lowest BCUT2D eigenvalue weighted by Gasteiger charge is -2.31. The summed E-state index contributed by atoms with van der Waals surface area (Å²) in [6, 6.07) is 84.6. The zero-order valence-corrected chi connectivity index (χ0v) is 32.9. The minimum atomic E-state index is -0.325. The highest BCUT2D eigenvalue weighted by atomic mass is 15.1. The van der Waals surface area contributed by atoms with Gasteiger partial charge in [-0.15, -0.1) is 0 Å². The molecule has 0 saturated carbocycles. The van der Waals surface area contributed by atoms with Crippen molar-refractivity contribution in [3.05, 3.63) is 247 Å². The first kappa shape index (κ1) is 34.7. The normalized spacial score (nSPS) is 14.3. The molecule has 0 spiro atoms. The molecular formula is C58H41N. The van der Waals surface area contributed by atoms with Crippen molar-refractivity contribution in [2.24, 2.45) is 0 Å². The van der Waals surface area contributed by atoms with Crippen LogP contribution in [0.3, 0.4) is 0 Å². The molecule has 11 rings (SSSR count). The van der Waals surface area contributed by atoms with Crippen LogP contribution in [-0.2, 0) is 5.41 Å². The maximum Gasteiger partial charge on any atom is 0.0468 e. The highest BCUT2D eigenvalue weighted by Crippen LogP contribution is 2.54. The minimum absolute atomic E-state index is 0.325. The van der Waals surface area contributed by atoms with Crippen molar-refractivity contribution in [1.29, 1.82) is 0 Å². The molecule has 10 aromatic rings. The molecule has 1 heteroatoms. The third-order valence-electron chi connectivity index (χ3n) is 12.5. The van der Waals surface area contributed by atoms with Crippen LogP contribution in [0, 0.1) is 0 Å². The average Bonchev–Trinajstić information content (AvgIpc) is 3.57. The zero-order valence-electron chi connectivity index (χ0n) is 32.9. The quantitative estimate of drug-likeness (QED) is 0.147. The van der Waals surface area contributed by atoms with E-state index in [4.69, 9.17) is 0 Å². The first-order valence-corrected chi connectivity index (χ1v) is 20.5. The Labute approximate surface area is 346 Å². The Hall–Kier alpha value is -7.48. The predicted octanol–water partition coefficient (Wildman–Crippen LogP) is 15.8. The van der Waals surface area contributed by atoms with Gasteiger partial charge in [-0.25, -0.2) is 0 Å². The van der Waals surface area contributed by atoms with E-state index in [2.05, 4.69) is 242 Å². The lowest BCUT2D eigenvalue weighted by molar-refractivity contribution is 0.714. The van der Waals surface area contributed by atoms with Gasteiger partial charge in [0, 0.05) is 22.5 Å². The molecule has 1 aliphatic rings. The fourth-order valence-electron chi connectivity index (χ4n) is 9.73. The Kier molecular flexibility index (Phi) is 8.34. The van der Waals surface area contributed by atoms with E-state index in [1.807, 2.05) is 0 Å². The van der Waals surface area contributed by atoms with Gasteiger partial charge in [0.25, 0.3) is 0 Å². The molecule has 1 atom stereocenters. The van der Waals surface area contributed by atoms with Gasteiger partial charge in [-0.3, -0.25) is 0 Å². The van der Waals surface area contributed by atoms with Crippen molar-refractivity contribution in [1.82, 2.24) is 0 Å². The van der Waals surface area contributed by atoms with Crippen molar-refractivity contribution >= 4 is 38.6 Å². The van der Waals surface area contributed by atoms with Gasteiger partial charge in [0.2, 0.25) is 0 Å². The van der Waals surface area contributed by atoms with Crippen LogP contribution in [0.2, 0.25) is 0 Å². The third kappa shape index (κ3) is 5.69. The summed E-state index contributed by atoms with van der Waals surface area (Å²) < 4.78 is 0. The van der Waals surface area contributed by atoms with Crippen LogP contribution in [0.4, 0.5) is 17.1 Å². The molecule has 0 N–H and O–H groups in total. The first-order valence-electron chi connectivity index (χ1n) is 20.5. The van der Waals surface area contributed by atoms with Crippen LogP contribution in [0.25, 0.3) is 66.1 Å². The summed E-state index contributed by atoms with van der Waals surface area (Å²) in [7, 11) is 0. The molecule has 1 aliphatic carbocycles. The van der Waals surface area contributed by atoms with Crippen LogP contribution < -0.4 is 4.90 Å². The van der Waals surface area contributed by atoms with Crippen molar-refractivity contribution in [2.75, 3.05) is 4.90 Å². The molecule has 0 saturated heterocycles. The second-order valence-electron chi connectivity index (χ2n) is 15.8. The number of nitrogens with zero attached hydrogens (tertiary/aromatic N) is 1. The Bertz CT molecular complexity index is 3150. The third-order valence-corrected chi connectivity index (χ3v) is 12.5. The average molecular weight is 752 g/mol. The summed E-state index contributed by atoms with van der Waals surface area (Å²) in [5.74, 6) is 0. The Balaban J connectivity index is 1.20. The number of hydrogen-bond acceptors (Lipinski definition) is 1. The molecule has 0 amide bonds. The molecule has 59 heavy (non-hydrogen) atoms. The number of rotatable bonds is 7. The van der Waals surface area contributed by atoms with Crippen molar-refractivity contribution in [2.45, 2.75) is 12.3 Å². The summed E-state index contributed by atoms with van der Waals surface area (Å²) >= 11 is 0. The number of anilines is 3. The lowest BCUT2D eigenvalue weighted by atomic mass is 9.74. The molecule has 0 aromatic heterocycles. The van der Waals surface area contributed by atoms with Crippen LogP contribution in [0.5, 0.6) is 0 Å². The Morgan fingerprint density at radius 1 is 0.305 bits per heavy atom. The number of benzene rings is 10. The maximum atomic E-state index is 2.46. The monoisotopic (exact) mass is 751 g/mol. The molecular weight excluding hydrogens is 711 g/mol. The van der Waals surface area contributed by atoms with Crippen molar-refractivity contribution in [3.8, 4) is 44.5 Å². The molecule has 10 aromatic carbocycles. The first-order chi connectivity index (χ1) is 29.2. The van der Waals surface area contributed by atoms with E-state index in [1.54, 1.807) is 0 Å². The zero-order chi connectivity index (χ0) is 39.3. The lowest BCUT2D eigenvalue weighted by Crippen LogP contribution is -2.22. The van der Waals surface area contributed by atoms with Crippen LogP contribution in [0.1, 0.15) is 23.6 Å². The number of fused-ring (bicyclic) bond motifs is 6. The van der Waals surface area contributed by atoms with E-state index in [0.717, 1.165) is 17.1 Å². The van der Waals surface area contributed by atoms with E-state index in [9.17, 15) is 0 Å². The van der Waals surface area contributed by atoms with E-state index in [0.29, 0.717) is 0 Å². The summed E-state index contributed by atoms with van der Waals surface area (Å²) in [4.78, 5) is 2.46. The minimum Gasteiger partial charge on any atom is -0.310 e. The van der Waals surface area contributed by atoms with Gasteiger partial charge in [0.1, 0.15) is 0 Å². The van der Waals surface area contributed by atoms with Gasteiger partial charge in [0.15, 0.2) is 0 Å². The van der Waals surface area contributed by atoms with Gasteiger partial charge in [-0.1, -0.05) is 194 Å². The molecule has 0 bridgehead atoms. The van der Waals surface area contributed by atoms with Gasteiger partial charge in [-0.05, 0) is 126 Å². The van der Waals surface area contributed by atoms with E-state index < -0.39 is 0 Å². The summed E-state index contributed by atoms with van der Waals surface area (Å²) in [6.07, 6.45) is 0. The molecule has 0 radical (unpaired) electrons. The molecule has 1 nitrogen and oxygen atoms in total. The molecule has 0 fully saturated rings. The second kappa shape index (κ2) is 14.2. The maximum absolute atomic E-state index is 2.46. The van der Waals surface area contributed by atoms with Gasteiger partial charge in [-0.2, -0.15) is 0 Å². The fourth-order valence-corrected chi connectivity index (χ4v) is 9.73. The molecule has 0 heterocycles. The predicted molar refractivity (Wildman–Crippen MR) is 250 cm³/mol. The Morgan fingerprint density at radius 2 is 0.797 bits per heavy atom. The van der Waals surface area contributed by atoms with Crippen LogP contribution >= 0.6 is 0 Å². The van der Waals surface area contributed by atoms with Gasteiger partial charge in [0.05, 0.1) is 0 Å². The molecule has 0 aliphatic heterocycles. The second-order valence-corrected chi connectivity index (χ2v) is 15.8. The van der Waals surface area contributed by atoms with Crippen molar-refractivity contribution in [3.63, 3.8) is 0 Å². The summed E-state index contributed by atoms with van der Waals surface area (Å²) in [5, 5.41) is 4.96. The van der Waals surface area contributed by atoms with E-state index in [-0.39, 0.29) is 5.41 Å². The Morgan fingerprint density at radius 3 is 1.51 bits per heavy atom. The van der Waals surface area contributed by atoms with Crippen LogP contribution in [-0.4, -0.2) is 0 Å². The molecule has 1 unspecified atom stereocenters. The fraction of sp³-hybridized carbons (Fsp3) is 0.0345. The number of hydrogen-bond donors (Lipinski definition) is 0. The van der Waals surface area contributed by atoms with Gasteiger partial charge < -0.3 is 4.90 Å². The smallest absolute Gasteiger partial charge is 0.0468 e. The highest BCUT2D eigenvalue weighted by molar-refractivity contribution is 6.22. The summed E-state index contributed by atoms with van der Waals surface area (Å²) in [5.41, 5.74) is 16.8. The van der Waals surface area contributed by atoms with Gasteiger partial charge >= 0.3 is 0 Å².